The lowest BCUT2D eigenvalue weighted by Crippen LogP contribution is -2.34. The van der Waals surface area contributed by atoms with Crippen LogP contribution in [0.15, 0.2) is 58.4 Å². The fourth-order valence-electron chi connectivity index (χ4n) is 3.32. The lowest BCUT2D eigenvalue weighted by atomic mass is 10.1. The van der Waals surface area contributed by atoms with E-state index in [-0.39, 0.29) is 21.8 Å². The van der Waals surface area contributed by atoms with Crippen LogP contribution in [0.5, 0.6) is 0 Å². The molecular weight excluding hydrogens is 402 g/mol. The molecule has 0 saturated carbocycles. The lowest BCUT2D eigenvalue weighted by Gasteiger charge is -2.20. The maximum atomic E-state index is 13.2. The van der Waals surface area contributed by atoms with Crippen LogP contribution >= 0.6 is 0 Å². The Balaban J connectivity index is 2.11. The minimum Gasteiger partial charge on any atom is -0.360 e. The maximum absolute atomic E-state index is 13.2. The van der Waals surface area contributed by atoms with Gasteiger partial charge in [-0.25, -0.2) is 8.42 Å². The number of carbonyl (C=O) groups is 1. The molecule has 2 aromatic carbocycles. The van der Waals surface area contributed by atoms with Gasteiger partial charge >= 0.3 is 0 Å². The summed E-state index contributed by atoms with van der Waals surface area (Å²) in [7, 11) is -2.42. The zero-order valence-corrected chi connectivity index (χ0v) is 18.3. The number of amides is 1. The van der Waals surface area contributed by atoms with Crippen LogP contribution in [0, 0.1) is 6.92 Å². The number of hydrogen-bond acceptors (Lipinski definition) is 4. The van der Waals surface area contributed by atoms with Gasteiger partial charge in [0.15, 0.2) is 0 Å². The summed E-state index contributed by atoms with van der Waals surface area (Å²) in [6.45, 7) is 6.50. The van der Waals surface area contributed by atoms with Crippen LogP contribution in [0.1, 0.15) is 29.8 Å². The van der Waals surface area contributed by atoms with E-state index in [0.29, 0.717) is 24.3 Å². The fourth-order valence-corrected chi connectivity index (χ4v) is 4.53. The first-order valence-electron chi connectivity index (χ1n) is 9.71. The molecule has 30 heavy (non-hydrogen) atoms. The SMILES string of the molecule is CCN(CC)C(=O)c1c[nH]c2ccc(S(=O)(=O)N(C)c3cccc(C)c3)cc2c1=O. The molecule has 7 nitrogen and oxygen atoms in total. The molecule has 1 amide bonds. The molecular formula is C22H25N3O4S. The van der Waals surface area contributed by atoms with E-state index in [9.17, 15) is 18.0 Å². The Bertz CT molecular complexity index is 1260. The number of aryl methyl sites for hydroxylation is 1. The molecule has 0 unspecified atom stereocenters. The molecule has 158 valence electrons. The summed E-state index contributed by atoms with van der Waals surface area (Å²) in [4.78, 5) is 30.1. The highest BCUT2D eigenvalue weighted by Gasteiger charge is 2.23. The number of aromatic amines is 1. The van der Waals surface area contributed by atoms with Crippen molar-refractivity contribution in [2.45, 2.75) is 25.7 Å². The predicted molar refractivity (Wildman–Crippen MR) is 119 cm³/mol. The third-order valence-corrected chi connectivity index (χ3v) is 6.94. The van der Waals surface area contributed by atoms with Gasteiger partial charge in [-0.2, -0.15) is 0 Å². The van der Waals surface area contributed by atoms with Crippen molar-refractivity contribution in [2.24, 2.45) is 0 Å². The number of sulfonamides is 1. The highest BCUT2D eigenvalue weighted by Crippen LogP contribution is 2.24. The van der Waals surface area contributed by atoms with Gasteiger partial charge in [-0.15, -0.1) is 0 Å². The molecule has 1 aromatic heterocycles. The van der Waals surface area contributed by atoms with Crippen molar-refractivity contribution >= 4 is 32.5 Å². The quantitative estimate of drug-likeness (QED) is 0.654. The first-order valence-corrected chi connectivity index (χ1v) is 11.1. The van der Waals surface area contributed by atoms with Crippen molar-refractivity contribution in [1.82, 2.24) is 9.88 Å². The maximum Gasteiger partial charge on any atom is 0.264 e. The molecule has 0 radical (unpaired) electrons. The van der Waals surface area contributed by atoms with E-state index >= 15 is 0 Å². The zero-order chi connectivity index (χ0) is 22.1. The highest BCUT2D eigenvalue weighted by atomic mass is 32.2. The van der Waals surface area contributed by atoms with E-state index in [1.54, 1.807) is 29.2 Å². The number of hydrogen-bond donors (Lipinski definition) is 1. The Morgan fingerprint density at radius 2 is 1.77 bits per heavy atom. The summed E-state index contributed by atoms with van der Waals surface area (Å²) in [6, 6.07) is 11.5. The smallest absolute Gasteiger partial charge is 0.264 e. The summed E-state index contributed by atoms with van der Waals surface area (Å²) < 4.78 is 27.5. The van der Waals surface area contributed by atoms with Crippen LogP contribution in [-0.2, 0) is 10.0 Å². The molecule has 0 bridgehead atoms. The Kier molecular flexibility index (Phi) is 5.98. The minimum absolute atomic E-state index is 0.00668. The standard InChI is InChI=1S/C22H25N3O4S/c1-5-25(6-2)22(27)19-14-23-20-11-10-17(13-18(20)21(19)26)30(28,29)24(4)16-9-7-8-15(3)12-16/h7-14H,5-6H2,1-4H3,(H,23,26). The number of pyridine rings is 1. The Morgan fingerprint density at radius 1 is 1.07 bits per heavy atom. The van der Waals surface area contributed by atoms with Crippen molar-refractivity contribution in [1.29, 1.82) is 0 Å². The summed E-state index contributed by atoms with van der Waals surface area (Å²) in [5.41, 5.74) is 1.43. The molecule has 0 aliphatic heterocycles. The van der Waals surface area contributed by atoms with Crippen LogP contribution in [0.2, 0.25) is 0 Å². The van der Waals surface area contributed by atoms with E-state index in [1.807, 2.05) is 26.8 Å². The molecule has 3 rings (SSSR count). The van der Waals surface area contributed by atoms with E-state index in [4.69, 9.17) is 0 Å². The number of H-pyrrole nitrogens is 1. The minimum atomic E-state index is -3.89. The third kappa shape index (κ3) is 3.82. The second-order valence-corrected chi connectivity index (χ2v) is 9.00. The van der Waals surface area contributed by atoms with Gasteiger partial charge in [0.1, 0.15) is 5.56 Å². The normalized spacial score (nSPS) is 11.5. The molecule has 0 saturated heterocycles. The second-order valence-electron chi connectivity index (χ2n) is 7.03. The van der Waals surface area contributed by atoms with Crippen molar-refractivity contribution in [3.63, 3.8) is 0 Å². The molecule has 1 heterocycles. The van der Waals surface area contributed by atoms with E-state index < -0.39 is 15.5 Å². The van der Waals surface area contributed by atoms with Gasteiger partial charge in [0.05, 0.1) is 10.6 Å². The largest absolute Gasteiger partial charge is 0.360 e. The number of aromatic nitrogens is 1. The van der Waals surface area contributed by atoms with Gasteiger partial charge in [0.25, 0.3) is 15.9 Å². The van der Waals surface area contributed by atoms with Crippen molar-refractivity contribution < 1.29 is 13.2 Å². The molecule has 0 aliphatic carbocycles. The number of rotatable bonds is 6. The molecule has 0 spiro atoms. The number of nitrogens with zero attached hydrogens (tertiary/aromatic N) is 2. The van der Waals surface area contributed by atoms with Crippen molar-refractivity contribution in [2.75, 3.05) is 24.4 Å². The summed E-state index contributed by atoms with van der Waals surface area (Å²) in [6.07, 6.45) is 1.39. The molecule has 3 aromatic rings. The Labute approximate surface area is 176 Å². The van der Waals surface area contributed by atoms with Gasteiger partial charge in [-0.3, -0.25) is 13.9 Å². The van der Waals surface area contributed by atoms with Gasteiger partial charge < -0.3 is 9.88 Å². The predicted octanol–water partition coefficient (Wildman–Crippen LogP) is 3.14. The van der Waals surface area contributed by atoms with Crippen LogP contribution in [0.4, 0.5) is 5.69 Å². The van der Waals surface area contributed by atoms with E-state index in [1.165, 1.54) is 29.7 Å². The zero-order valence-electron chi connectivity index (χ0n) is 17.5. The van der Waals surface area contributed by atoms with Gasteiger partial charge in [-0.05, 0) is 56.7 Å². The van der Waals surface area contributed by atoms with Gasteiger partial charge in [0, 0.05) is 37.2 Å². The Hall–Kier alpha value is -3.13. The van der Waals surface area contributed by atoms with Gasteiger partial charge in [-0.1, -0.05) is 12.1 Å². The van der Waals surface area contributed by atoms with E-state index in [0.717, 1.165) is 5.56 Å². The number of carbonyl (C=O) groups excluding carboxylic acids is 1. The first-order chi connectivity index (χ1) is 14.2. The summed E-state index contributed by atoms with van der Waals surface area (Å²) in [5.74, 6) is -0.381. The van der Waals surface area contributed by atoms with Crippen molar-refractivity contribution in [3.8, 4) is 0 Å². The topological polar surface area (TPSA) is 90.6 Å². The number of benzene rings is 2. The highest BCUT2D eigenvalue weighted by molar-refractivity contribution is 7.92. The number of fused-ring (bicyclic) bond motifs is 1. The lowest BCUT2D eigenvalue weighted by molar-refractivity contribution is 0.0771. The Morgan fingerprint density at radius 3 is 2.40 bits per heavy atom. The number of nitrogens with one attached hydrogen (secondary N) is 1. The molecule has 8 heteroatoms. The van der Waals surface area contributed by atoms with Crippen LogP contribution < -0.4 is 9.73 Å². The average molecular weight is 428 g/mol. The molecule has 0 atom stereocenters. The third-order valence-electron chi connectivity index (χ3n) is 5.16. The summed E-state index contributed by atoms with van der Waals surface area (Å²) >= 11 is 0. The van der Waals surface area contributed by atoms with E-state index in [2.05, 4.69) is 4.98 Å². The monoisotopic (exact) mass is 427 g/mol. The second kappa shape index (κ2) is 8.31. The molecule has 1 N–H and O–H groups in total. The first kappa shape index (κ1) is 21.6. The molecule has 0 aliphatic rings. The van der Waals surface area contributed by atoms with Crippen LogP contribution in [0.3, 0.4) is 0 Å². The average Bonchev–Trinajstić information content (AvgIpc) is 2.74. The van der Waals surface area contributed by atoms with Gasteiger partial charge in [0.2, 0.25) is 5.43 Å². The fraction of sp³-hybridized carbons (Fsp3) is 0.273. The van der Waals surface area contributed by atoms with Crippen molar-refractivity contribution in [3.05, 3.63) is 70.0 Å². The van der Waals surface area contributed by atoms with Crippen LogP contribution in [0.25, 0.3) is 10.9 Å². The number of anilines is 1. The van der Waals surface area contributed by atoms with Crippen LogP contribution in [-0.4, -0.2) is 44.3 Å². The molecule has 0 fully saturated rings. The summed E-state index contributed by atoms with van der Waals surface area (Å²) in [5, 5.41) is 0.159.